The van der Waals surface area contributed by atoms with Crippen molar-refractivity contribution in [3.63, 3.8) is 0 Å². The molecule has 0 aliphatic carbocycles. The molecule has 0 heterocycles. The zero-order valence-electron chi connectivity index (χ0n) is 4.03. The van der Waals surface area contributed by atoms with Gasteiger partial charge in [0.1, 0.15) is 0 Å². The van der Waals surface area contributed by atoms with Crippen molar-refractivity contribution in [3.8, 4) is 0 Å². The van der Waals surface area contributed by atoms with Gasteiger partial charge >= 0.3 is 12.1 Å². The molecule has 0 saturated carbocycles. The fraction of sp³-hybridized carbons (Fsp3) is 0.333. The molecule has 2 amide bonds. The van der Waals surface area contributed by atoms with Gasteiger partial charge in [-0.3, -0.25) is 14.9 Å². The second-order valence-electron chi connectivity index (χ2n) is 1.09. The van der Waals surface area contributed by atoms with Gasteiger partial charge in [-0.1, -0.05) is 0 Å². The number of nitrogens with one attached hydrogen (secondary N) is 1. The molecule has 1 N–H and O–H groups in total. The van der Waals surface area contributed by atoms with Gasteiger partial charge < -0.3 is 0 Å². The van der Waals surface area contributed by atoms with E-state index in [1.54, 1.807) is 0 Å². The fourth-order valence-corrected chi connectivity index (χ4v) is 0.135. The molecular weight excluding hydrogens is 139 g/mol. The standard InChI is InChI=1S/C3H2F3NO2/c4-3(5,6)2(9)7-1-8/h1H,(H,7,8,9). The van der Waals surface area contributed by atoms with Gasteiger partial charge in [0.05, 0.1) is 0 Å². The molecule has 3 nitrogen and oxygen atoms in total. The topological polar surface area (TPSA) is 46.2 Å². The lowest BCUT2D eigenvalue weighted by molar-refractivity contribution is -0.173. The molecule has 0 aromatic heterocycles. The van der Waals surface area contributed by atoms with Crippen molar-refractivity contribution in [1.82, 2.24) is 5.32 Å². The van der Waals surface area contributed by atoms with Crippen LogP contribution in [0.15, 0.2) is 0 Å². The number of imide groups is 1. The number of alkyl halides is 3. The Morgan fingerprint density at radius 1 is 1.44 bits per heavy atom. The molecule has 0 atom stereocenters. The van der Waals surface area contributed by atoms with E-state index in [0.717, 1.165) is 5.32 Å². The summed E-state index contributed by atoms with van der Waals surface area (Å²) in [6.07, 6.45) is -5.29. The monoisotopic (exact) mass is 141 g/mol. The molecule has 0 aromatic carbocycles. The zero-order chi connectivity index (χ0) is 7.49. The van der Waals surface area contributed by atoms with Crippen LogP contribution in [0.25, 0.3) is 0 Å². The lowest BCUT2D eigenvalue weighted by atomic mass is 10.6. The number of amides is 2. The van der Waals surface area contributed by atoms with E-state index in [1.165, 1.54) is 0 Å². The van der Waals surface area contributed by atoms with Gasteiger partial charge in [-0.2, -0.15) is 13.2 Å². The Morgan fingerprint density at radius 3 is 2.00 bits per heavy atom. The van der Waals surface area contributed by atoms with Crippen LogP contribution in [0.2, 0.25) is 0 Å². The predicted octanol–water partition coefficient (Wildman–Crippen LogP) is -0.179. The Morgan fingerprint density at radius 2 is 1.89 bits per heavy atom. The largest absolute Gasteiger partial charge is 0.471 e. The van der Waals surface area contributed by atoms with Crippen LogP contribution < -0.4 is 5.32 Å². The highest BCUT2D eigenvalue weighted by atomic mass is 19.4. The molecular formula is C3H2F3NO2. The Kier molecular flexibility index (Phi) is 2.18. The summed E-state index contributed by atoms with van der Waals surface area (Å²) < 4.78 is 33.2. The molecule has 0 radical (unpaired) electrons. The van der Waals surface area contributed by atoms with Crippen LogP contribution in [0.3, 0.4) is 0 Å². The molecule has 0 saturated heterocycles. The van der Waals surface area contributed by atoms with Crippen LogP contribution in [-0.2, 0) is 9.59 Å². The molecule has 6 heteroatoms. The van der Waals surface area contributed by atoms with E-state index >= 15 is 0 Å². The summed E-state index contributed by atoms with van der Waals surface area (Å²) in [5.74, 6) is -2.25. The molecule has 0 spiro atoms. The maximum atomic E-state index is 11.1. The summed E-state index contributed by atoms with van der Waals surface area (Å²) in [6, 6.07) is 0. The maximum Gasteiger partial charge on any atom is 0.471 e. The molecule has 0 unspecified atom stereocenters. The van der Waals surface area contributed by atoms with Crippen LogP contribution >= 0.6 is 0 Å². The summed E-state index contributed by atoms with van der Waals surface area (Å²) in [5, 5.41) is 0.941. The highest BCUT2D eigenvalue weighted by molar-refractivity contribution is 5.89. The molecule has 52 valence electrons. The molecule has 0 bridgehead atoms. The molecule has 0 rings (SSSR count). The van der Waals surface area contributed by atoms with Crippen molar-refractivity contribution < 1.29 is 22.8 Å². The molecule has 0 aliphatic heterocycles. The number of carbonyl (C=O) groups excluding carboxylic acids is 2. The van der Waals surface area contributed by atoms with E-state index in [9.17, 15) is 22.8 Å². The average Bonchev–Trinajstić information content (AvgIpc) is 1.64. The van der Waals surface area contributed by atoms with Crippen LogP contribution in [0.5, 0.6) is 0 Å². The van der Waals surface area contributed by atoms with Gasteiger partial charge in [-0.25, -0.2) is 0 Å². The quantitative estimate of drug-likeness (QED) is 0.515. The van der Waals surface area contributed by atoms with Crippen LogP contribution in [0.1, 0.15) is 0 Å². The second-order valence-corrected chi connectivity index (χ2v) is 1.09. The minimum absolute atomic E-state index is 0.324. The van der Waals surface area contributed by atoms with E-state index in [2.05, 4.69) is 0 Å². The van der Waals surface area contributed by atoms with Gasteiger partial charge in [0.2, 0.25) is 6.41 Å². The fourth-order valence-electron chi connectivity index (χ4n) is 0.135. The van der Waals surface area contributed by atoms with Gasteiger partial charge in [0, 0.05) is 0 Å². The smallest absolute Gasteiger partial charge is 0.291 e. The van der Waals surface area contributed by atoms with Crippen molar-refractivity contribution in [2.45, 2.75) is 6.18 Å². The van der Waals surface area contributed by atoms with Crippen LogP contribution in [0, 0.1) is 0 Å². The van der Waals surface area contributed by atoms with Crippen LogP contribution in [-0.4, -0.2) is 18.5 Å². The SMILES string of the molecule is O=CNC(=O)C(F)(F)F. The predicted molar refractivity (Wildman–Crippen MR) is 20.3 cm³/mol. The first kappa shape index (κ1) is 7.93. The Balaban J connectivity index is 3.88. The van der Waals surface area contributed by atoms with Gasteiger partial charge in [0.15, 0.2) is 0 Å². The van der Waals surface area contributed by atoms with Gasteiger partial charge in [-0.05, 0) is 0 Å². The van der Waals surface area contributed by atoms with Crippen molar-refractivity contribution in [2.24, 2.45) is 0 Å². The minimum Gasteiger partial charge on any atom is -0.291 e. The normalized spacial score (nSPS) is 10.6. The third-order valence-corrected chi connectivity index (χ3v) is 0.447. The second kappa shape index (κ2) is 2.47. The summed E-state index contributed by atoms with van der Waals surface area (Å²) in [7, 11) is 0. The Hall–Kier alpha value is -1.07. The lowest BCUT2D eigenvalue weighted by Crippen LogP contribution is -2.35. The van der Waals surface area contributed by atoms with Gasteiger partial charge in [0.25, 0.3) is 0 Å². The highest BCUT2D eigenvalue weighted by Gasteiger charge is 2.38. The molecule has 0 aliphatic rings. The van der Waals surface area contributed by atoms with E-state index in [1.807, 2.05) is 0 Å². The van der Waals surface area contributed by atoms with Crippen molar-refractivity contribution in [1.29, 1.82) is 0 Å². The first-order chi connectivity index (χ1) is 3.98. The first-order valence-electron chi connectivity index (χ1n) is 1.80. The third kappa shape index (κ3) is 2.68. The minimum atomic E-state index is -4.97. The maximum absolute atomic E-state index is 11.1. The van der Waals surface area contributed by atoms with Crippen molar-refractivity contribution in [3.05, 3.63) is 0 Å². The highest BCUT2D eigenvalue weighted by Crippen LogP contribution is 2.13. The summed E-state index contributed by atoms with van der Waals surface area (Å²) in [5.41, 5.74) is 0. The number of rotatable bonds is 1. The van der Waals surface area contributed by atoms with E-state index in [4.69, 9.17) is 0 Å². The Bertz CT molecular complexity index is 130. The summed E-state index contributed by atoms with van der Waals surface area (Å²) >= 11 is 0. The van der Waals surface area contributed by atoms with E-state index in [0.29, 0.717) is 0 Å². The van der Waals surface area contributed by atoms with Crippen molar-refractivity contribution in [2.75, 3.05) is 0 Å². The third-order valence-electron chi connectivity index (χ3n) is 0.447. The summed E-state index contributed by atoms with van der Waals surface area (Å²) in [4.78, 5) is 18.8. The number of carbonyl (C=O) groups is 2. The summed E-state index contributed by atoms with van der Waals surface area (Å²) in [6.45, 7) is 0. The molecule has 0 aromatic rings. The zero-order valence-corrected chi connectivity index (χ0v) is 4.03. The van der Waals surface area contributed by atoms with E-state index in [-0.39, 0.29) is 6.41 Å². The number of halogens is 3. The lowest BCUT2D eigenvalue weighted by Gasteiger charge is -2.00. The number of hydrogen-bond donors (Lipinski definition) is 1. The Labute approximate surface area is 47.8 Å². The molecule has 9 heavy (non-hydrogen) atoms. The van der Waals surface area contributed by atoms with Gasteiger partial charge in [-0.15, -0.1) is 0 Å². The van der Waals surface area contributed by atoms with Crippen LogP contribution in [0.4, 0.5) is 13.2 Å². The molecule has 0 fully saturated rings. The van der Waals surface area contributed by atoms with Crippen molar-refractivity contribution >= 4 is 12.3 Å². The average molecular weight is 141 g/mol. The van der Waals surface area contributed by atoms with E-state index < -0.39 is 12.1 Å². The number of hydrogen-bond acceptors (Lipinski definition) is 2. The first-order valence-corrected chi connectivity index (χ1v) is 1.80.